The molecule has 0 fully saturated rings. The first kappa shape index (κ1) is 19.5. The smallest absolute Gasteiger partial charge is 0.325 e. The molecule has 0 aliphatic heterocycles. The maximum absolute atomic E-state index is 12.3. The van der Waals surface area contributed by atoms with Gasteiger partial charge in [-0.25, -0.2) is 9.78 Å². The lowest BCUT2D eigenvalue weighted by molar-refractivity contribution is -0.113. The molecule has 27 heavy (non-hydrogen) atoms. The van der Waals surface area contributed by atoms with Gasteiger partial charge in [0.05, 0.1) is 5.75 Å². The van der Waals surface area contributed by atoms with Gasteiger partial charge in [-0.3, -0.25) is 18.7 Å². The number of anilines is 1. The van der Waals surface area contributed by atoms with Crippen LogP contribution in [0.5, 0.6) is 0 Å². The van der Waals surface area contributed by atoms with E-state index in [1.807, 2.05) is 0 Å². The van der Waals surface area contributed by atoms with E-state index < -0.39 is 11.2 Å². The molecule has 3 aromatic rings. The first-order valence-electron chi connectivity index (χ1n) is 7.70. The summed E-state index contributed by atoms with van der Waals surface area (Å²) >= 11 is 13.0. The van der Waals surface area contributed by atoms with E-state index in [9.17, 15) is 14.4 Å². The molecule has 0 saturated carbocycles. The van der Waals surface area contributed by atoms with E-state index in [-0.39, 0.29) is 17.2 Å². The summed E-state index contributed by atoms with van der Waals surface area (Å²) in [6.45, 7) is 0. The van der Waals surface area contributed by atoms with E-state index in [4.69, 9.17) is 23.2 Å². The van der Waals surface area contributed by atoms with E-state index in [1.165, 1.54) is 11.6 Å². The number of nitrogens with one attached hydrogen (secondary N) is 1. The molecule has 1 N–H and O–H groups in total. The Morgan fingerprint density at radius 2 is 1.70 bits per heavy atom. The number of halogens is 2. The lowest BCUT2D eigenvalue weighted by Gasteiger charge is -2.07. The summed E-state index contributed by atoms with van der Waals surface area (Å²) in [5.41, 5.74) is 0.134. The van der Waals surface area contributed by atoms with Crippen molar-refractivity contribution in [1.29, 1.82) is 0 Å². The minimum absolute atomic E-state index is 0.0511. The maximum atomic E-state index is 12.3. The van der Waals surface area contributed by atoms with E-state index in [2.05, 4.69) is 10.3 Å². The summed E-state index contributed by atoms with van der Waals surface area (Å²) in [4.78, 5) is 40.8. The predicted octanol–water partition coefficient (Wildman–Crippen LogP) is 2.01. The van der Waals surface area contributed by atoms with Gasteiger partial charge in [0.25, 0.3) is 5.56 Å². The Labute approximate surface area is 167 Å². The molecule has 2 heterocycles. The molecule has 142 valence electrons. The summed E-state index contributed by atoms with van der Waals surface area (Å²) in [5, 5.41) is 3.98. The van der Waals surface area contributed by atoms with Crippen LogP contribution >= 0.6 is 35.0 Å². The maximum Gasteiger partial charge on any atom is 0.332 e. The van der Waals surface area contributed by atoms with Crippen molar-refractivity contribution in [2.75, 3.05) is 11.1 Å². The SMILES string of the molecule is Cn1c(=O)c2nc(SCC(=O)Nc3cc(Cl)cc(Cl)c3)n(C)c2n(C)c1=O. The molecule has 1 aromatic carbocycles. The van der Waals surface area contributed by atoms with E-state index >= 15 is 0 Å². The number of rotatable bonds is 4. The predicted molar refractivity (Wildman–Crippen MR) is 107 cm³/mol. The highest BCUT2D eigenvalue weighted by Gasteiger charge is 2.18. The van der Waals surface area contributed by atoms with Gasteiger partial charge in [-0.15, -0.1) is 0 Å². The van der Waals surface area contributed by atoms with E-state index in [0.717, 1.165) is 16.3 Å². The van der Waals surface area contributed by atoms with E-state index in [0.29, 0.717) is 26.5 Å². The summed E-state index contributed by atoms with van der Waals surface area (Å²) in [6.07, 6.45) is 0. The number of hydrogen-bond acceptors (Lipinski definition) is 5. The fraction of sp³-hybridized carbons (Fsp3) is 0.250. The van der Waals surface area contributed by atoms with Crippen LogP contribution in [0.3, 0.4) is 0 Å². The highest BCUT2D eigenvalue weighted by Crippen LogP contribution is 2.24. The van der Waals surface area contributed by atoms with Crippen LogP contribution in [0.1, 0.15) is 0 Å². The topological polar surface area (TPSA) is 90.9 Å². The first-order valence-corrected chi connectivity index (χ1v) is 9.44. The highest BCUT2D eigenvalue weighted by atomic mass is 35.5. The van der Waals surface area contributed by atoms with Crippen LogP contribution in [0.2, 0.25) is 10.0 Å². The van der Waals surface area contributed by atoms with Crippen molar-refractivity contribution >= 4 is 57.7 Å². The third-order valence-corrected chi connectivity index (χ3v) is 5.37. The number of carbonyl (C=O) groups is 1. The molecule has 0 aliphatic carbocycles. The largest absolute Gasteiger partial charge is 0.332 e. The van der Waals surface area contributed by atoms with Crippen LogP contribution in [0, 0.1) is 0 Å². The van der Waals surface area contributed by atoms with Crippen molar-refractivity contribution < 1.29 is 4.79 Å². The average molecular weight is 428 g/mol. The van der Waals surface area contributed by atoms with E-state index in [1.54, 1.807) is 36.9 Å². The third-order valence-electron chi connectivity index (χ3n) is 3.90. The van der Waals surface area contributed by atoms with Gasteiger partial charge < -0.3 is 9.88 Å². The number of fused-ring (bicyclic) bond motifs is 1. The van der Waals surface area contributed by atoms with Crippen LogP contribution in [0.15, 0.2) is 32.9 Å². The minimum Gasteiger partial charge on any atom is -0.325 e. The minimum atomic E-state index is -0.478. The molecule has 0 saturated heterocycles. The molecule has 1 amide bonds. The molecular weight excluding hydrogens is 413 g/mol. The molecule has 0 radical (unpaired) electrons. The molecule has 11 heteroatoms. The Bertz CT molecular complexity index is 1160. The number of aryl methyl sites for hydroxylation is 2. The van der Waals surface area contributed by atoms with Crippen LogP contribution in [-0.4, -0.2) is 30.3 Å². The molecule has 0 unspecified atom stereocenters. The van der Waals surface area contributed by atoms with Gasteiger partial charge in [0, 0.05) is 36.9 Å². The number of benzene rings is 1. The molecule has 8 nitrogen and oxygen atoms in total. The fourth-order valence-electron chi connectivity index (χ4n) is 2.64. The van der Waals surface area contributed by atoms with Crippen LogP contribution in [-0.2, 0) is 25.9 Å². The number of carbonyl (C=O) groups excluding carboxylic acids is 1. The molecule has 0 bridgehead atoms. The Morgan fingerprint density at radius 3 is 2.33 bits per heavy atom. The second-order valence-corrected chi connectivity index (χ2v) is 7.64. The number of nitrogens with zero attached hydrogens (tertiary/aromatic N) is 4. The number of hydrogen-bond donors (Lipinski definition) is 1. The second-order valence-electron chi connectivity index (χ2n) is 5.83. The zero-order chi connectivity index (χ0) is 19.9. The van der Waals surface area contributed by atoms with Gasteiger partial charge >= 0.3 is 5.69 Å². The first-order chi connectivity index (χ1) is 12.7. The summed E-state index contributed by atoms with van der Waals surface area (Å²) < 4.78 is 3.97. The zero-order valence-electron chi connectivity index (χ0n) is 14.6. The number of aromatic nitrogens is 4. The van der Waals surface area contributed by atoms with Crippen molar-refractivity contribution in [2.45, 2.75) is 5.16 Å². The molecule has 0 spiro atoms. The van der Waals surface area contributed by atoms with Crippen molar-refractivity contribution in [3.8, 4) is 0 Å². The lowest BCUT2D eigenvalue weighted by Crippen LogP contribution is -2.37. The third kappa shape index (κ3) is 3.76. The van der Waals surface area contributed by atoms with Crippen LogP contribution in [0.4, 0.5) is 5.69 Å². The summed E-state index contributed by atoms with van der Waals surface area (Å²) in [5.74, 6) is -0.234. The number of amides is 1. The Hall–Kier alpha value is -2.23. The molecular formula is C16H15Cl2N5O3S. The van der Waals surface area contributed by atoms with Gasteiger partial charge in [-0.2, -0.15) is 0 Å². The molecule has 0 atom stereocenters. The number of thioether (sulfide) groups is 1. The Kier molecular flexibility index (Phi) is 5.36. The summed E-state index contributed by atoms with van der Waals surface area (Å²) in [7, 11) is 4.65. The van der Waals surface area contributed by atoms with Crippen LogP contribution < -0.4 is 16.6 Å². The van der Waals surface area contributed by atoms with Gasteiger partial charge in [-0.05, 0) is 18.2 Å². The second kappa shape index (κ2) is 7.41. The summed E-state index contributed by atoms with van der Waals surface area (Å²) in [6, 6.07) is 4.74. The zero-order valence-corrected chi connectivity index (χ0v) is 16.9. The molecule has 0 aliphatic rings. The van der Waals surface area contributed by atoms with Crippen molar-refractivity contribution in [2.24, 2.45) is 21.1 Å². The quantitative estimate of drug-likeness (QED) is 0.642. The monoisotopic (exact) mass is 427 g/mol. The highest BCUT2D eigenvalue weighted by molar-refractivity contribution is 7.99. The van der Waals surface area contributed by atoms with Crippen molar-refractivity contribution in [3.05, 3.63) is 49.1 Å². The van der Waals surface area contributed by atoms with Crippen LogP contribution in [0.25, 0.3) is 11.2 Å². The molecule has 2 aromatic heterocycles. The Balaban J connectivity index is 1.83. The Morgan fingerprint density at radius 1 is 1.07 bits per heavy atom. The van der Waals surface area contributed by atoms with Gasteiger partial charge in [0.1, 0.15) is 0 Å². The standard InChI is InChI=1S/C16H15Cl2N5O3S/c1-21-13-12(14(25)23(3)16(26)22(13)2)20-15(21)27-7-11(24)19-10-5-8(17)4-9(18)6-10/h4-6H,7H2,1-3H3,(H,19,24). The van der Waals surface area contributed by atoms with Crippen molar-refractivity contribution in [1.82, 2.24) is 18.7 Å². The average Bonchev–Trinajstić information content (AvgIpc) is 2.92. The van der Waals surface area contributed by atoms with Gasteiger partial charge in [0.15, 0.2) is 16.3 Å². The number of imidazole rings is 1. The molecule has 3 rings (SSSR count). The van der Waals surface area contributed by atoms with Crippen molar-refractivity contribution in [3.63, 3.8) is 0 Å². The fourth-order valence-corrected chi connectivity index (χ4v) is 3.94. The van der Waals surface area contributed by atoms with Gasteiger partial charge in [0.2, 0.25) is 5.91 Å². The lowest BCUT2D eigenvalue weighted by atomic mass is 10.3. The van der Waals surface area contributed by atoms with Gasteiger partial charge in [-0.1, -0.05) is 35.0 Å². The normalized spacial score (nSPS) is 11.1.